The van der Waals surface area contributed by atoms with Crippen LogP contribution in [0.3, 0.4) is 0 Å². The summed E-state index contributed by atoms with van der Waals surface area (Å²) >= 11 is 3.17. The number of carbonyl (C=O) groups excluding carboxylic acids is 9. The Kier molecular flexibility index (Phi) is 29.9. The predicted molar refractivity (Wildman–Crippen MR) is 347 cm³/mol. The summed E-state index contributed by atoms with van der Waals surface area (Å²) in [6.45, 7) is 5.06. The Balaban J connectivity index is 1.23. The lowest BCUT2D eigenvalue weighted by Gasteiger charge is -2.26. The molecule has 6 unspecified atom stereocenters. The van der Waals surface area contributed by atoms with Crippen molar-refractivity contribution in [1.29, 1.82) is 0 Å². The second kappa shape index (κ2) is 37.3. The molecule has 95 heavy (non-hydrogen) atoms. The molecule has 6 atom stereocenters. The third-order valence-electron chi connectivity index (χ3n) is 15.0. The number of para-hydroxylation sites is 1. The van der Waals surface area contributed by atoms with Gasteiger partial charge in [0.25, 0.3) is 5.91 Å². The van der Waals surface area contributed by atoms with Gasteiger partial charge >= 0.3 is 17.9 Å². The van der Waals surface area contributed by atoms with Gasteiger partial charge in [0.2, 0.25) is 57.3 Å². The van der Waals surface area contributed by atoms with Gasteiger partial charge in [-0.3, -0.25) is 57.5 Å². The fourth-order valence-corrected chi connectivity index (χ4v) is 11.7. The van der Waals surface area contributed by atoms with Crippen LogP contribution in [0.25, 0.3) is 10.9 Å². The number of carboxylic acid groups (broad SMARTS) is 3. The van der Waals surface area contributed by atoms with E-state index in [-0.39, 0.29) is 42.2 Å². The first-order chi connectivity index (χ1) is 45.0. The number of hydrogen-bond acceptors (Lipinski definition) is 14. The zero-order chi connectivity index (χ0) is 69.9. The second-order valence-corrected chi connectivity index (χ2v) is 25.3. The third-order valence-corrected chi connectivity index (χ3v) is 17.0. The zero-order valence-corrected chi connectivity index (χ0v) is 54.8. The van der Waals surface area contributed by atoms with Crippen molar-refractivity contribution in [2.24, 2.45) is 5.73 Å². The van der Waals surface area contributed by atoms with Crippen molar-refractivity contribution in [3.8, 4) is 0 Å². The number of fused-ring (bicyclic) bond motifs is 1. The van der Waals surface area contributed by atoms with E-state index in [1.165, 1.54) is 24.3 Å². The number of H-pyrrole nitrogens is 1. The number of benzene rings is 4. The van der Waals surface area contributed by atoms with Crippen molar-refractivity contribution >= 4 is 108 Å². The molecule has 1 aromatic heterocycles. The number of aliphatic carboxylic acids is 3. The van der Waals surface area contributed by atoms with Gasteiger partial charge in [-0.1, -0.05) is 70.4 Å². The molecule has 5 rings (SSSR count). The Morgan fingerprint density at radius 2 is 1.13 bits per heavy atom. The average molecular weight is 1410 g/mol. The molecule has 0 saturated heterocycles. The molecule has 15 N–H and O–H groups in total. The molecule has 0 aliphatic carbocycles. The number of carbonyl (C=O) groups is 12. The smallest absolute Gasteiger partial charge is 0.305 e. The largest absolute Gasteiger partial charge is 0.481 e. The van der Waals surface area contributed by atoms with Crippen LogP contribution in [0.1, 0.15) is 115 Å². The molecule has 0 aliphatic rings. The maximum Gasteiger partial charge on any atom is 0.305 e. The van der Waals surface area contributed by atoms with Gasteiger partial charge in [-0.25, -0.2) is 12.8 Å². The lowest BCUT2D eigenvalue weighted by Crippen LogP contribution is -2.58. The lowest BCUT2D eigenvalue weighted by molar-refractivity contribution is -0.140. The summed E-state index contributed by atoms with van der Waals surface area (Å²) in [5.41, 5.74) is 10.2. The van der Waals surface area contributed by atoms with Gasteiger partial charge in [-0.15, -0.1) is 0 Å². The number of carboxylic acids is 3. The van der Waals surface area contributed by atoms with Crippen LogP contribution < -0.4 is 53.0 Å². The van der Waals surface area contributed by atoms with E-state index in [2.05, 4.69) is 63.4 Å². The molecule has 0 aliphatic heterocycles. The Morgan fingerprint density at radius 3 is 1.74 bits per heavy atom. The number of primary amides is 1. The third kappa shape index (κ3) is 25.7. The van der Waals surface area contributed by atoms with Crippen LogP contribution in [0, 0.1) is 26.6 Å². The van der Waals surface area contributed by atoms with Crippen LogP contribution in [0.5, 0.6) is 0 Å². The minimum absolute atomic E-state index is 0.0100. The van der Waals surface area contributed by atoms with Gasteiger partial charge in [0.1, 0.15) is 42.1 Å². The highest BCUT2D eigenvalue weighted by molar-refractivity contribution is 9.10. The van der Waals surface area contributed by atoms with Gasteiger partial charge in [0, 0.05) is 72.3 Å². The number of aryl methyl sites for hydroxylation is 3. The molecular formula is C64H79BrFN11O17S. The molecule has 9 amide bonds. The molecule has 1 heterocycles. The summed E-state index contributed by atoms with van der Waals surface area (Å²) in [7, 11) is -4.56. The average Bonchev–Trinajstić information content (AvgIpc) is 1.59. The van der Waals surface area contributed by atoms with Crippen molar-refractivity contribution in [2.75, 3.05) is 19.6 Å². The number of nitrogens with two attached hydrogens (primary N) is 1. The monoisotopic (exact) mass is 1400 g/mol. The van der Waals surface area contributed by atoms with Gasteiger partial charge in [-0.05, 0) is 130 Å². The number of sulfonamides is 1. The number of rotatable bonds is 40. The maximum atomic E-state index is 14.6. The van der Waals surface area contributed by atoms with E-state index >= 15 is 0 Å². The Hall–Kier alpha value is -9.62. The Labute approximate surface area is 555 Å². The molecule has 31 heteroatoms. The van der Waals surface area contributed by atoms with E-state index in [1.54, 1.807) is 30.5 Å². The highest BCUT2D eigenvalue weighted by atomic mass is 79.9. The van der Waals surface area contributed by atoms with E-state index in [0.717, 1.165) is 41.0 Å². The van der Waals surface area contributed by atoms with Crippen molar-refractivity contribution in [3.05, 3.63) is 135 Å². The van der Waals surface area contributed by atoms with Crippen molar-refractivity contribution in [2.45, 2.75) is 152 Å². The van der Waals surface area contributed by atoms with E-state index in [0.29, 0.717) is 65.2 Å². The van der Waals surface area contributed by atoms with Crippen LogP contribution >= 0.6 is 15.9 Å². The number of unbranched alkanes of at least 4 members (excludes halogenated alkanes) is 3. The molecule has 0 spiro atoms. The minimum atomic E-state index is -4.56. The summed E-state index contributed by atoms with van der Waals surface area (Å²) < 4.78 is 43.4. The highest BCUT2D eigenvalue weighted by Crippen LogP contribution is 2.21. The maximum absolute atomic E-state index is 14.6. The molecule has 5 aromatic rings. The molecule has 4 aromatic carbocycles. The summed E-state index contributed by atoms with van der Waals surface area (Å²) in [6.07, 6.45) is -0.370. The number of hydrogen-bond donors (Lipinski definition) is 14. The molecule has 0 bridgehead atoms. The van der Waals surface area contributed by atoms with Crippen LogP contribution in [0.15, 0.2) is 100 Å². The second-order valence-electron chi connectivity index (χ2n) is 22.7. The van der Waals surface area contributed by atoms with Crippen molar-refractivity contribution < 1.29 is 85.7 Å². The normalized spacial score (nSPS) is 13.1. The highest BCUT2D eigenvalue weighted by Gasteiger charge is 2.34. The Bertz CT molecular complexity index is 3700. The summed E-state index contributed by atoms with van der Waals surface area (Å²) in [5, 5.41) is 49.5. The molecule has 0 fully saturated rings. The number of aromatic nitrogens is 1. The summed E-state index contributed by atoms with van der Waals surface area (Å²) in [5.74, 6) is -12.9. The van der Waals surface area contributed by atoms with E-state index in [9.17, 15) is 85.7 Å². The van der Waals surface area contributed by atoms with Crippen molar-refractivity contribution in [3.63, 3.8) is 0 Å². The number of amides is 9. The summed E-state index contributed by atoms with van der Waals surface area (Å²) in [4.78, 5) is 160. The fourth-order valence-electron chi connectivity index (χ4n) is 10.3. The number of aromatic amines is 1. The van der Waals surface area contributed by atoms with E-state index in [1.807, 2.05) is 37.6 Å². The Morgan fingerprint density at radius 1 is 0.558 bits per heavy atom. The van der Waals surface area contributed by atoms with Crippen LogP contribution in [0.2, 0.25) is 0 Å². The van der Waals surface area contributed by atoms with Gasteiger partial charge in [0.05, 0.1) is 17.9 Å². The van der Waals surface area contributed by atoms with E-state index in [4.69, 9.17) is 5.73 Å². The number of nitrogens with one attached hydrogen (secondary N) is 10. The molecule has 28 nitrogen and oxygen atoms in total. The van der Waals surface area contributed by atoms with Gasteiger partial charge in [0.15, 0.2) is 0 Å². The SMILES string of the molecule is Cc1cc(C)c(C(=O)NCCCCC(NC(=O)CCCCCNC(=O)C(CCC(=O)O)NC(=O)C(Cc2c[nH]c3ccccc23)NC(=O)C(Cc2cccc(F)c2)NC(=O)CNC(=O)C(CCC(=O)O)NC(=O)C(CC(=O)O)NS(=O)(=O)c2ccc(Br)cc2)C(N)=O)c(C)c1. The standard InChI is InChI=1S/C64H79BrFN11O17S/c1-36-28-37(2)57(38(3)29-36)64(92)69-27-10-8-16-46(58(67)86)72-52(78)17-5-4-9-26-68-59(87)47(22-24-54(80)81)74-62(90)50(32-40-34-70-45-15-7-6-14-44(40)45)76-61(89)49(31-39-12-11-13-42(66)30-39)73-53(79)35-71-60(88)48(23-25-55(82)83)75-63(91)51(33-56(84)85)77-95(93,94)43-20-18-41(65)19-21-43/h6-7,11-15,18-21,28-30,34,46-51,70,77H,4-5,8-10,16-17,22-27,31-33,35H2,1-3H3,(H2,67,86)(H,68,87)(H,69,92)(H,71,88)(H,72,78)(H,73,79)(H,74,90)(H,75,91)(H,76,89)(H,80,81)(H,82,83)(H,84,85). The quantitative estimate of drug-likeness (QED) is 0.0251. The fraction of sp³-hybridized carbons (Fsp3) is 0.406. The topological polar surface area (TPSA) is 450 Å². The van der Waals surface area contributed by atoms with Crippen molar-refractivity contribution in [1.82, 2.24) is 52.2 Å². The first kappa shape index (κ1) is 76.1. The molecule has 512 valence electrons. The first-order valence-electron chi connectivity index (χ1n) is 30.4. The summed E-state index contributed by atoms with van der Waals surface area (Å²) in [6, 6.07) is 11.2. The molecule has 0 saturated carbocycles. The zero-order valence-electron chi connectivity index (χ0n) is 52.4. The van der Waals surface area contributed by atoms with Crippen LogP contribution in [-0.4, -0.2) is 156 Å². The van der Waals surface area contributed by atoms with Gasteiger partial charge < -0.3 is 68.6 Å². The van der Waals surface area contributed by atoms with Gasteiger partial charge in [-0.2, -0.15) is 4.72 Å². The number of halogens is 2. The van der Waals surface area contributed by atoms with Crippen LogP contribution in [-0.2, 0) is 75.6 Å². The molecule has 0 radical (unpaired) electrons. The minimum Gasteiger partial charge on any atom is -0.481 e. The first-order valence-corrected chi connectivity index (χ1v) is 32.7. The van der Waals surface area contributed by atoms with Crippen LogP contribution in [0.4, 0.5) is 4.39 Å². The lowest BCUT2D eigenvalue weighted by atomic mass is 9.99. The van der Waals surface area contributed by atoms with E-state index < -0.39 is 162 Å². The predicted octanol–water partition coefficient (Wildman–Crippen LogP) is 2.63. The molecular weight excluding hydrogens is 1330 g/mol.